The Kier molecular flexibility index (Phi) is 16.3. The second kappa shape index (κ2) is 22.4. The number of amides is 2. The van der Waals surface area contributed by atoms with Crippen LogP contribution in [0.3, 0.4) is 0 Å². The first kappa shape index (κ1) is 50.4. The Labute approximate surface area is 435 Å². The number of rotatable bonds is 20. The van der Waals surface area contributed by atoms with Crippen molar-refractivity contribution >= 4 is 52.9 Å². The molecule has 0 bridgehead atoms. The number of carbonyl (C=O) groups is 2. The van der Waals surface area contributed by atoms with Crippen molar-refractivity contribution in [3.63, 3.8) is 0 Å². The molecule has 69 heavy (non-hydrogen) atoms. The number of benzene rings is 5. The van der Waals surface area contributed by atoms with Gasteiger partial charge >= 0.3 is 0 Å². The summed E-state index contributed by atoms with van der Waals surface area (Å²) in [5.74, 6) is 1.71. The van der Waals surface area contributed by atoms with Crippen LogP contribution in [-0.2, 0) is 73.0 Å². The van der Waals surface area contributed by atoms with E-state index in [1.807, 2.05) is 64.9 Å². The summed E-state index contributed by atoms with van der Waals surface area (Å²) in [6, 6.07) is 29.5. The van der Waals surface area contributed by atoms with Gasteiger partial charge in [-0.05, 0) is 91.4 Å². The summed E-state index contributed by atoms with van der Waals surface area (Å²) in [5.41, 5.74) is 9.22. The molecular weight excluding hydrogens is 972 g/mol. The normalized spacial score (nSPS) is 16.6. The van der Waals surface area contributed by atoms with Crippen LogP contribution in [0.5, 0.6) is 23.0 Å². The van der Waals surface area contributed by atoms with E-state index in [2.05, 4.69) is 59.7 Å². The summed E-state index contributed by atoms with van der Waals surface area (Å²) in [6.45, 7) is 10.7. The quantitative estimate of drug-likeness (QED) is 0.0395. The molecule has 2 N–H and O–H groups in total. The third kappa shape index (κ3) is 11.3. The molecule has 4 heterocycles. The van der Waals surface area contributed by atoms with Gasteiger partial charge in [0.1, 0.15) is 13.2 Å². The SMILES string of the molecule is COCCOCCOCCN(CC(C)(C)S)c1cc(COc2cc3c(cc2OC)C(=O)N2c4ccccc4C[C@H]2CN3)cc(COc2cc3c(cc2OC)C(=O)N2c4ccccc4C[C@H]2[CH-]N3)c1.[Y]. The van der Waals surface area contributed by atoms with Crippen molar-refractivity contribution in [2.75, 3.05) is 99.3 Å². The van der Waals surface area contributed by atoms with Gasteiger partial charge in [-0.1, -0.05) is 42.4 Å². The summed E-state index contributed by atoms with van der Waals surface area (Å²) in [7, 11) is 4.81. The summed E-state index contributed by atoms with van der Waals surface area (Å²) in [4.78, 5) is 34.3. The third-order valence-corrected chi connectivity index (χ3v) is 12.8. The molecule has 5 aromatic rings. The van der Waals surface area contributed by atoms with E-state index in [0.717, 1.165) is 46.6 Å². The molecule has 361 valence electrons. The van der Waals surface area contributed by atoms with Crippen molar-refractivity contribution in [2.24, 2.45) is 0 Å². The Morgan fingerprint density at radius 2 is 1.26 bits per heavy atom. The van der Waals surface area contributed by atoms with Crippen LogP contribution in [0.1, 0.15) is 56.8 Å². The average Bonchev–Trinajstić information content (AvgIpc) is 3.83. The number of nitrogens with zero attached hydrogens (tertiary/aromatic N) is 3. The van der Waals surface area contributed by atoms with Crippen molar-refractivity contribution in [1.82, 2.24) is 0 Å². The van der Waals surface area contributed by atoms with E-state index in [1.54, 1.807) is 33.5 Å². The molecule has 2 amide bonds. The third-order valence-electron chi connectivity index (χ3n) is 12.6. The Morgan fingerprint density at radius 3 is 1.90 bits per heavy atom. The number of para-hydroxylation sites is 2. The standard InChI is InChI=1S/C53H60N5O9S.Y/c1-53(2,68)33-56(14-15-64-18-19-65-17-16-61-3)38-21-34(31-66-49-27-43-41(25-47(49)62-4)51(59)57-39(29-54-43)23-36-10-6-8-12-45(36)57)20-35(22-38)32-67-50-28-44-42(26-48(50)63-5)52(60)58-40(30-55-44)24-37-11-7-9-13-46(37)58;/h6-13,20-22,25-29,39-40,54-55,68H,14-19,23-24,30-33H2,1-5H3;/q-1;/t39-,40-;/m0./s1. The second-order valence-electron chi connectivity index (χ2n) is 18.1. The van der Waals surface area contributed by atoms with Gasteiger partial charge in [-0.3, -0.25) is 9.59 Å². The molecule has 0 aliphatic carbocycles. The van der Waals surface area contributed by atoms with Crippen molar-refractivity contribution in [2.45, 2.75) is 56.7 Å². The van der Waals surface area contributed by atoms with E-state index in [1.165, 1.54) is 5.56 Å². The topological polar surface area (TPSA) is 133 Å². The fourth-order valence-corrected chi connectivity index (χ4v) is 9.65. The zero-order valence-electron chi connectivity index (χ0n) is 39.9. The number of anilines is 5. The molecule has 1 radical (unpaired) electrons. The number of hydrogen-bond acceptors (Lipinski definition) is 13. The second-order valence-corrected chi connectivity index (χ2v) is 19.3. The minimum Gasteiger partial charge on any atom is -0.533 e. The fraction of sp³-hybridized carbons (Fsp3) is 0.377. The van der Waals surface area contributed by atoms with Gasteiger partial charge in [0.15, 0.2) is 23.0 Å². The molecule has 0 unspecified atom stereocenters. The molecule has 16 heteroatoms. The van der Waals surface area contributed by atoms with Gasteiger partial charge in [0.2, 0.25) is 0 Å². The molecule has 4 aliphatic heterocycles. The molecule has 0 fully saturated rings. The minimum absolute atomic E-state index is 0. The molecule has 9 rings (SSSR count). The summed E-state index contributed by atoms with van der Waals surface area (Å²) in [6.07, 6.45) is 1.51. The van der Waals surface area contributed by atoms with Crippen LogP contribution in [0, 0.1) is 6.54 Å². The van der Waals surface area contributed by atoms with E-state index in [-0.39, 0.29) is 74.6 Å². The molecule has 2 atom stereocenters. The van der Waals surface area contributed by atoms with Crippen molar-refractivity contribution < 1.29 is 75.5 Å². The monoisotopic (exact) mass is 1030 g/mol. The van der Waals surface area contributed by atoms with Crippen molar-refractivity contribution in [1.29, 1.82) is 0 Å². The molecule has 0 aromatic heterocycles. The molecule has 4 aliphatic rings. The maximum absolute atomic E-state index is 14.1. The average molecular weight is 1030 g/mol. The molecule has 0 spiro atoms. The first-order valence-electron chi connectivity index (χ1n) is 23.1. The minimum atomic E-state index is -0.350. The number of carbonyl (C=O) groups excluding carboxylic acids is 2. The molecule has 0 saturated carbocycles. The van der Waals surface area contributed by atoms with Gasteiger partial charge in [-0.25, -0.2) is 6.54 Å². The number of fused-ring (bicyclic) bond motifs is 8. The van der Waals surface area contributed by atoms with Gasteiger partial charge in [-0.2, -0.15) is 12.6 Å². The summed E-state index contributed by atoms with van der Waals surface area (Å²) in [5, 5.41) is 6.95. The zero-order valence-corrected chi connectivity index (χ0v) is 43.7. The largest absolute Gasteiger partial charge is 0.533 e. The van der Waals surface area contributed by atoms with Crippen LogP contribution >= 0.6 is 12.6 Å². The first-order chi connectivity index (χ1) is 33.0. The van der Waals surface area contributed by atoms with Crippen molar-refractivity contribution in [3.05, 3.63) is 131 Å². The Hall–Kier alpha value is -5.03. The van der Waals surface area contributed by atoms with Gasteiger partial charge in [0.25, 0.3) is 11.8 Å². The Bertz CT molecular complexity index is 2490. The van der Waals surface area contributed by atoms with Gasteiger partial charge in [-0.15, -0.1) is 0 Å². The molecule has 14 nitrogen and oxygen atoms in total. The summed E-state index contributed by atoms with van der Waals surface area (Å²) < 4.78 is 41.3. The number of thiol groups is 1. The number of nitrogens with one attached hydrogen (secondary N) is 2. The van der Waals surface area contributed by atoms with Gasteiger partial charge < -0.3 is 58.5 Å². The van der Waals surface area contributed by atoms with Crippen LogP contribution in [-0.4, -0.2) is 103 Å². The van der Waals surface area contributed by atoms with Crippen LogP contribution in [0.4, 0.5) is 28.4 Å². The van der Waals surface area contributed by atoms with Crippen LogP contribution in [0.25, 0.3) is 0 Å². The van der Waals surface area contributed by atoms with E-state index in [4.69, 9.17) is 45.8 Å². The summed E-state index contributed by atoms with van der Waals surface area (Å²) >= 11 is 4.95. The van der Waals surface area contributed by atoms with Crippen LogP contribution in [0.15, 0.2) is 91.0 Å². The Morgan fingerprint density at radius 1 is 0.696 bits per heavy atom. The zero-order chi connectivity index (χ0) is 47.4. The molecular formula is C53H60N5O9SY-. The van der Waals surface area contributed by atoms with Crippen LogP contribution in [0.2, 0.25) is 0 Å². The van der Waals surface area contributed by atoms with E-state index < -0.39 is 0 Å². The maximum atomic E-state index is 14.1. The van der Waals surface area contributed by atoms with Crippen molar-refractivity contribution in [3.8, 4) is 23.0 Å². The van der Waals surface area contributed by atoms with Gasteiger partial charge in [0.05, 0.1) is 70.1 Å². The number of methoxy groups -OCH3 is 3. The van der Waals surface area contributed by atoms with Crippen LogP contribution < -0.4 is 44.3 Å². The van der Waals surface area contributed by atoms with E-state index in [9.17, 15) is 9.59 Å². The van der Waals surface area contributed by atoms with E-state index in [0.29, 0.717) is 98.2 Å². The number of ether oxygens (including phenoxy) is 7. The smallest absolute Gasteiger partial charge is 0.260 e. The van der Waals surface area contributed by atoms with E-state index >= 15 is 0 Å². The number of hydrogen-bond donors (Lipinski definition) is 3. The molecule has 5 aromatic carbocycles. The van der Waals surface area contributed by atoms with Gasteiger partial charge in [0, 0.05) is 99.1 Å². The first-order valence-corrected chi connectivity index (χ1v) is 23.6. The fourth-order valence-electron chi connectivity index (χ4n) is 9.48. The predicted octanol–water partition coefficient (Wildman–Crippen LogP) is 8.21. The molecule has 0 saturated heterocycles. The Balaban J connectivity index is 0.00000642. The predicted molar refractivity (Wildman–Crippen MR) is 268 cm³/mol. The maximum Gasteiger partial charge on any atom is 0.260 e.